The van der Waals surface area contributed by atoms with E-state index in [4.69, 9.17) is 0 Å². The van der Waals surface area contributed by atoms with E-state index in [2.05, 4.69) is 22.8 Å². The molecule has 2 fully saturated rings. The van der Waals surface area contributed by atoms with Gasteiger partial charge in [-0.2, -0.15) is 11.8 Å². The number of nitrogens with zero attached hydrogens (tertiary/aromatic N) is 1. The Hall–Kier alpha value is -1.35. The van der Waals surface area contributed by atoms with Crippen LogP contribution in [0.4, 0.5) is 0 Å². The summed E-state index contributed by atoms with van der Waals surface area (Å²) in [5.41, 5.74) is 2.86. The number of Topliss-reactive ketones (excluding diaryl/α,β-unsaturated/α-hetero) is 1. The average Bonchev–Trinajstić information content (AvgIpc) is 2.84. The quantitative estimate of drug-likeness (QED) is 0.770. The van der Waals surface area contributed by atoms with Crippen LogP contribution in [0, 0.1) is 12.8 Å². The van der Waals surface area contributed by atoms with Gasteiger partial charge in [-0.1, -0.05) is 6.07 Å². The smallest absolute Gasteiger partial charge is 0.166 e. The number of rotatable bonds is 2. The van der Waals surface area contributed by atoms with Crippen molar-refractivity contribution >= 4 is 28.4 Å². The van der Waals surface area contributed by atoms with E-state index in [1.165, 1.54) is 12.8 Å². The van der Waals surface area contributed by atoms with Crippen molar-refractivity contribution in [3.63, 3.8) is 0 Å². The highest BCUT2D eigenvalue weighted by Crippen LogP contribution is 2.46. The molecule has 2 bridgehead atoms. The van der Waals surface area contributed by atoms with Crippen LogP contribution < -0.4 is 0 Å². The highest BCUT2D eigenvalue weighted by atomic mass is 32.2. The fourth-order valence-electron chi connectivity index (χ4n) is 3.69. The maximum absolute atomic E-state index is 12.8. The van der Waals surface area contributed by atoms with Crippen molar-refractivity contribution in [3.05, 3.63) is 41.6 Å². The van der Waals surface area contributed by atoms with Gasteiger partial charge in [0.1, 0.15) is 0 Å². The third-order valence-electron chi connectivity index (χ3n) is 4.77. The number of ketones is 1. The molecule has 4 rings (SSSR count). The number of aromatic nitrogens is 1. The van der Waals surface area contributed by atoms with Gasteiger partial charge in [0, 0.05) is 33.1 Å². The number of carbonyl (C=O) groups excluding carboxylic acids is 1. The summed E-state index contributed by atoms with van der Waals surface area (Å²) in [6.07, 6.45) is 4.76. The second-order valence-corrected chi connectivity index (χ2v) is 7.96. The minimum absolute atomic E-state index is 0.236. The fraction of sp³-hybridized carbons (Fsp3) is 0.444. The predicted octanol–water partition coefficient (Wildman–Crippen LogP) is 4.40. The summed E-state index contributed by atoms with van der Waals surface area (Å²) in [7, 11) is 0. The van der Waals surface area contributed by atoms with E-state index in [9.17, 15) is 4.79 Å². The van der Waals surface area contributed by atoms with Crippen LogP contribution in [0.2, 0.25) is 0 Å². The number of aryl methyl sites for hydroxylation is 1. The molecule has 2 unspecified atom stereocenters. The lowest BCUT2D eigenvalue weighted by Gasteiger charge is -2.26. The molecule has 2 saturated heterocycles. The van der Waals surface area contributed by atoms with Crippen LogP contribution >= 0.6 is 11.8 Å². The summed E-state index contributed by atoms with van der Waals surface area (Å²) in [6.45, 7) is 1.99. The normalized spacial score (nSPS) is 28.0. The highest BCUT2D eigenvalue weighted by molar-refractivity contribution is 8.00. The summed E-state index contributed by atoms with van der Waals surface area (Å²) < 4.78 is 0. The van der Waals surface area contributed by atoms with Crippen LogP contribution in [0.15, 0.2) is 30.3 Å². The molecule has 2 aliphatic heterocycles. The Bertz CT molecular complexity index is 699. The van der Waals surface area contributed by atoms with E-state index in [0.29, 0.717) is 5.78 Å². The van der Waals surface area contributed by atoms with Gasteiger partial charge in [0.15, 0.2) is 5.78 Å². The lowest BCUT2D eigenvalue weighted by Crippen LogP contribution is -2.24. The molecule has 3 heteroatoms. The first kappa shape index (κ1) is 13.3. The number of benzene rings is 1. The lowest BCUT2D eigenvalue weighted by molar-refractivity contribution is 0.0907. The van der Waals surface area contributed by atoms with Crippen molar-refractivity contribution in [1.82, 2.24) is 4.98 Å². The predicted molar refractivity (Wildman–Crippen MR) is 87.9 cm³/mol. The van der Waals surface area contributed by atoms with E-state index in [1.807, 2.05) is 31.2 Å². The molecular weight excluding hydrogens is 278 g/mol. The Kier molecular flexibility index (Phi) is 3.26. The van der Waals surface area contributed by atoms with Gasteiger partial charge in [-0.3, -0.25) is 9.78 Å². The van der Waals surface area contributed by atoms with Gasteiger partial charge in [-0.05, 0) is 56.9 Å². The Morgan fingerprint density at radius 2 is 1.90 bits per heavy atom. The van der Waals surface area contributed by atoms with Crippen LogP contribution in [-0.4, -0.2) is 21.3 Å². The van der Waals surface area contributed by atoms with Crippen molar-refractivity contribution < 1.29 is 4.79 Å². The molecule has 3 heterocycles. The minimum Gasteiger partial charge on any atom is -0.294 e. The van der Waals surface area contributed by atoms with Gasteiger partial charge in [-0.25, -0.2) is 0 Å². The Labute approximate surface area is 129 Å². The van der Waals surface area contributed by atoms with Crippen LogP contribution in [-0.2, 0) is 0 Å². The summed E-state index contributed by atoms with van der Waals surface area (Å²) >= 11 is 2.11. The number of pyridine rings is 1. The number of carbonyl (C=O) groups is 1. The zero-order chi connectivity index (χ0) is 14.4. The van der Waals surface area contributed by atoms with Crippen molar-refractivity contribution in [3.8, 4) is 0 Å². The SMILES string of the molecule is Cc1ccc2cc(C(=O)C3CC4CCC(C3)S4)ccc2n1. The second-order valence-electron chi connectivity index (χ2n) is 6.35. The van der Waals surface area contributed by atoms with Gasteiger partial charge >= 0.3 is 0 Å². The van der Waals surface area contributed by atoms with Crippen molar-refractivity contribution in [1.29, 1.82) is 0 Å². The third-order valence-corrected chi connectivity index (χ3v) is 6.40. The molecule has 2 aliphatic rings. The van der Waals surface area contributed by atoms with Crippen molar-refractivity contribution in [2.45, 2.75) is 43.1 Å². The molecular formula is C18H19NOS. The molecule has 0 saturated carbocycles. The van der Waals surface area contributed by atoms with Gasteiger partial charge in [0.05, 0.1) is 5.52 Å². The Morgan fingerprint density at radius 1 is 1.14 bits per heavy atom. The summed E-state index contributed by atoms with van der Waals surface area (Å²) in [5, 5.41) is 2.52. The van der Waals surface area contributed by atoms with Crippen LogP contribution in [0.1, 0.15) is 41.7 Å². The number of thioether (sulfide) groups is 1. The minimum atomic E-state index is 0.236. The van der Waals surface area contributed by atoms with E-state index in [-0.39, 0.29) is 5.92 Å². The highest BCUT2D eigenvalue weighted by Gasteiger charge is 2.37. The molecule has 0 radical (unpaired) electrons. The number of fused-ring (bicyclic) bond motifs is 3. The van der Waals surface area contributed by atoms with E-state index in [1.54, 1.807) is 0 Å². The molecule has 2 nitrogen and oxygen atoms in total. The fourth-order valence-corrected chi connectivity index (χ4v) is 5.46. The third kappa shape index (κ3) is 2.48. The monoisotopic (exact) mass is 297 g/mol. The standard InChI is InChI=1S/C18H19NOS/c1-11-2-3-12-8-13(4-7-17(12)19-11)18(20)14-9-15-5-6-16(10-14)21-15/h2-4,7-8,14-16H,5-6,9-10H2,1H3. The van der Waals surface area contributed by atoms with E-state index < -0.39 is 0 Å². The topological polar surface area (TPSA) is 30.0 Å². The Morgan fingerprint density at radius 3 is 2.67 bits per heavy atom. The van der Waals surface area contributed by atoms with Crippen LogP contribution in [0.3, 0.4) is 0 Å². The first-order valence-corrected chi connectivity index (χ1v) is 8.70. The van der Waals surface area contributed by atoms with Gasteiger partial charge in [-0.15, -0.1) is 0 Å². The molecule has 0 N–H and O–H groups in total. The zero-order valence-corrected chi connectivity index (χ0v) is 13.0. The summed E-state index contributed by atoms with van der Waals surface area (Å²) in [5.74, 6) is 0.578. The molecule has 0 aliphatic carbocycles. The second kappa shape index (κ2) is 5.13. The first-order chi connectivity index (χ1) is 10.2. The zero-order valence-electron chi connectivity index (χ0n) is 12.2. The number of hydrogen-bond donors (Lipinski definition) is 0. The molecule has 0 amide bonds. The van der Waals surface area contributed by atoms with Crippen molar-refractivity contribution in [2.75, 3.05) is 0 Å². The maximum Gasteiger partial charge on any atom is 0.166 e. The maximum atomic E-state index is 12.8. The molecule has 21 heavy (non-hydrogen) atoms. The van der Waals surface area contributed by atoms with E-state index >= 15 is 0 Å². The first-order valence-electron chi connectivity index (χ1n) is 7.76. The molecule has 1 aromatic carbocycles. The summed E-state index contributed by atoms with van der Waals surface area (Å²) in [4.78, 5) is 17.3. The van der Waals surface area contributed by atoms with Crippen LogP contribution in [0.5, 0.6) is 0 Å². The molecule has 108 valence electrons. The molecule has 0 spiro atoms. The lowest BCUT2D eigenvalue weighted by atomic mass is 9.90. The van der Waals surface area contributed by atoms with Gasteiger partial charge in [0.25, 0.3) is 0 Å². The Balaban J connectivity index is 1.63. The molecule has 1 aromatic heterocycles. The average molecular weight is 297 g/mol. The molecule has 2 atom stereocenters. The molecule has 2 aromatic rings. The van der Waals surface area contributed by atoms with Crippen LogP contribution in [0.25, 0.3) is 10.9 Å². The van der Waals surface area contributed by atoms with E-state index in [0.717, 1.165) is 45.5 Å². The number of hydrogen-bond acceptors (Lipinski definition) is 3. The van der Waals surface area contributed by atoms with Gasteiger partial charge in [0.2, 0.25) is 0 Å². The largest absolute Gasteiger partial charge is 0.294 e. The van der Waals surface area contributed by atoms with Gasteiger partial charge < -0.3 is 0 Å². The van der Waals surface area contributed by atoms with Crippen molar-refractivity contribution in [2.24, 2.45) is 5.92 Å². The summed E-state index contributed by atoms with van der Waals surface area (Å²) in [6, 6.07) is 10.0.